The zero-order chi connectivity index (χ0) is 23.4. The topological polar surface area (TPSA) is 78.8 Å². The molecule has 3 aliphatic rings. The number of Topliss-reactive ketones (excluding diaryl/α,β-unsaturated/α-hetero) is 1. The van der Waals surface area contributed by atoms with Crippen LogP contribution in [0.5, 0.6) is 0 Å². The van der Waals surface area contributed by atoms with Crippen molar-refractivity contribution in [1.29, 1.82) is 0 Å². The van der Waals surface area contributed by atoms with Crippen molar-refractivity contribution in [1.82, 2.24) is 9.73 Å². The molecule has 0 spiro atoms. The fraction of sp³-hybridized carbons (Fsp3) is 0.385. The van der Waals surface area contributed by atoms with Crippen LogP contribution in [0.25, 0.3) is 0 Å². The molecule has 6 nitrogen and oxygen atoms in total. The summed E-state index contributed by atoms with van der Waals surface area (Å²) >= 11 is 0. The minimum absolute atomic E-state index is 0.0480. The summed E-state index contributed by atoms with van der Waals surface area (Å²) in [5.74, 6) is 0.0480. The first-order valence-electron chi connectivity index (χ1n) is 11.4. The minimum Gasteiger partial charge on any atom is -0.366 e. The number of hydrogen-bond acceptors (Lipinski definition) is 5. The third kappa shape index (κ3) is 3.99. The SMILES string of the molecule is Cc1ccc(S(=O)(=O)N/N=C2\CC3c4ccccc4CCN3C3=C2C(=O)CC(C)(C)C3)cc1. The van der Waals surface area contributed by atoms with Gasteiger partial charge in [0.15, 0.2) is 5.78 Å². The molecule has 2 aromatic carbocycles. The number of benzene rings is 2. The smallest absolute Gasteiger partial charge is 0.276 e. The molecule has 5 rings (SSSR count). The maximum absolute atomic E-state index is 13.3. The number of ketones is 1. The van der Waals surface area contributed by atoms with E-state index in [0.29, 0.717) is 24.1 Å². The van der Waals surface area contributed by atoms with Crippen LogP contribution in [0.3, 0.4) is 0 Å². The molecular weight excluding hydrogens is 434 g/mol. The highest BCUT2D eigenvalue weighted by molar-refractivity contribution is 7.89. The van der Waals surface area contributed by atoms with Crippen molar-refractivity contribution >= 4 is 21.5 Å². The van der Waals surface area contributed by atoms with E-state index >= 15 is 0 Å². The van der Waals surface area contributed by atoms with Gasteiger partial charge in [-0.15, -0.1) is 0 Å². The number of aryl methyl sites for hydroxylation is 1. The highest BCUT2D eigenvalue weighted by Gasteiger charge is 2.44. The normalized spacial score (nSPS) is 23.1. The first-order valence-corrected chi connectivity index (χ1v) is 12.9. The number of carbonyl (C=O) groups excluding carboxylic acids is 1. The van der Waals surface area contributed by atoms with Gasteiger partial charge in [-0.05, 0) is 48.4 Å². The van der Waals surface area contributed by atoms with Crippen molar-refractivity contribution in [2.24, 2.45) is 10.5 Å². The molecular formula is C26H29N3O3S. The Morgan fingerprint density at radius 2 is 1.79 bits per heavy atom. The second-order valence-electron chi connectivity index (χ2n) is 10.1. The van der Waals surface area contributed by atoms with Crippen molar-refractivity contribution in [2.75, 3.05) is 6.54 Å². The van der Waals surface area contributed by atoms with E-state index in [0.717, 1.165) is 30.6 Å². The van der Waals surface area contributed by atoms with Crippen LogP contribution in [0.1, 0.15) is 55.8 Å². The number of rotatable bonds is 3. The van der Waals surface area contributed by atoms with Gasteiger partial charge >= 0.3 is 0 Å². The zero-order valence-corrected chi connectivity index (χ0v) is 20.1. The van der Waals surface area contributed by atoms with Crippen LogP contribution in [-0.2, 0) is 21.2 Å². The van der Waals surface area contributed by atoms with E-state index in [9.17, 15) is 13.2 Å². The fourth-order valence-corrected chi connectivity index (χ4v) is 6.16. The predicted octanol–water partition coefficient (Wildman–Crippen LogP) is 4.28. The van der Waals surface area contributed by atoms with Gasteiger partial charge in [0.2, 0.25) is 0 Å². The van der Waals surface area contributed by atoms with E-state index in [1.807, 2.05) is 13.0 Å². The number of hydrazone groups is 1. The number of nitrogens with zero attached hydrogens (tertiary/aromatic N) is 2. The van der Waals surface area contributed by atoms with Crippen molar-refractivity contribution < 1.29 is 13.2 Å². The maximum atomic E-state index is 13.3. The molecule has 2 heterocycles. The summed E-state index contributed by atoms with van der Waals surface area (Å²) in [4.78, 5) is 18.2. The van der Waals surface area contributed by atoms with E-state index < -0.39 is 10.0 Å². The Hall–Kier alpha value is -2.93. The molecule has 1 unspecified atom stereocenters. The largest absolute Gasteiger partial charge is 0.366 e. The van der Waals surface area contributed by atoms with Crippen molar-refractivity contribution in [3.8, 4) is 0 Å². The zero-order valence-electron chi connectivity index (χ0n) is 19.3. The Kier molecular flexibility index (Phi) is 5.20. The van der Waals surface area contributed by atoms with E-state index in [2.05, 4.69) is 46.9 Å². The van der Waals surface area contributed by atoms with Gasteiger partial charge in [-0.25, -0.2) is 0 Å². The average Bonchev–Trinajstić information content (AvgIpc) is 2.76. The summed E-state index contributed by atoms with van der Waals surface area (Å²) in [6.45, 7) is 7.00. The number of hydrogen-bond donors (Lipinski definition) is 1. The van der Waals surface area contributed by atoms with Gasteiger partial charge in [0.05, 0.1) is 22.2 Å². The first-order chi connectivity index (χ1) is 15.6. The monoisotopic (exact) mass is 463 g/mol. The Morgan fingerprint density at radius 1 is 1.06 bits per heavy atom. The van der Waals surface area contributed by atoms with Crippen LogP contribution < -0.4 is 4.83 Å². The Labute approximate surface area is 195 Å². The Morgan fingerprint density at radius 3 is 2.55 bits per heavy atom. The highest BCUT2D eigenvalue weighted by Crippen LogP contribution is 2.47. The molecule has 0 saturated heterocycles. The molecule has 0 saturated carbocycles. The molecule has 33 heavy (non-hydrogen) atoms. The summed E-state index contributed by atoms with van der Waals surface area (Å²) in [6.07, 6.45) is 2.64. The molecule has 1 atom stereocenters. The van der Waals surface area contributed by atoms with Crippen LogP contribution in [-0.4, -0.2) is 31.4 Å². The van der Waals surface area contributed by atoms with Gasteiger partial charge in [-0.2, -0.15) is 18.4 Å². The Bertz CT molecular complexity index is 1290. The maximum Gasteiger partial charge on any atom is 0.276 e. The summed E-state index contributed by atoms with van der Waals surface area (Å²) in [7, 11) is -3.83. The molecule has 0 bridgehead atoms. The molecule has 0 aromatic heterocycles. The van der Waals surface area contributed by atoms with Crippen molar-refractivity contribution in [3.05, 3.63) is 76.5 Å². The number of nitrogens with one attached hydrogen (secondary N) is 1. The molecule has 1 aliphatic carbocycles. The third-order valence-electron chi connectivity index (χ3n) is 6.92. The van der Waals surface area contributed by atoms with Gasteiger partial charge in [0, 0.05) is 25.1 Å². The highest BCUT2D eigenvalue weighted by atomic mass is 32.2. The molecule has 1 N–H and O–H groups in total. The molecule has 0 radical (unpaired) electrons. The van der Waals surface area contributed by atoms with Crippen LogP contribution >= 0.6 is 0 Å². The lowest BCUT2D eigenvalue weighted by Crippen LogP contribution is -2.46. The number of carbonyl (C=O) groups is 1. The number of fused-ring (bicyclic) bond motifs is 4. The quantitative estimate of drug-likeness (QED) is 0.690. The molecule has 7 heteroatoms. The van der Waals surface area contributed by atoms with Crippen LogP contribution in [0, 0.1) is 12.3 Å². The van der Waals surface area contributed by atoms with Crippen molar-refractivity contribution in [3.63, 3.8) is 0 Å². The number of sulfonamides is 1. The van der Waals surface area contributed by atoms with Crippen LogP contribution in [0.2, 0.25) is 0 Å². The lowest BCUT2D eigenvalue weighted by molar-refractivity contribution is -0.118. The van der Waals surface area contributed by atoms with Gasteiger partial charge in [0.1, 0.15) is 0 Å². The van der Waals surface area contributed by atoms with E-state index in [1.54, 1.807) is 24.3 Å². The van der Waals surface area contributed by atoms with Crippen LogP contribution in [0.4, 0.5) is 0 Å². The van der Waals surface area contributed by atoms with Gasteiger partial charge in [0.25, 0.3) is 10.0 Å². The van der Waals surface area contributed by atoms with Gasteiger partial charge in [-0.1, -0.05) is 55.8 Å². The minimum atomic E-state index is -3.83. The molecule has 172 valence electrons. The summed E-state index contributed by atoms with van der Waals surface area (Å²) in [6, 6.07) is 15.1. The fourth-order valence-electron chi connectivity index (χ4n) is 5.33. The second-order valence-corrected chi connectivity index (χ2v) is 11.8. The number of allylic oxidation sites excluding steroid dienone is 2. The van der Waals surface area contributed by atoms with Crippen LogP contribution in [0.15, 0.2) is 69.8 Å². The Balaban J connectivity index is 1.57. The second kappa shape index (κ2) is 7.83. The van der Waals surface area contributed by atoms with E-state index in [-0.39, 0.29) is 22.1 Å². The van der Waals surface area contributed by atoms with Gasteiger partial charge in [-0.3, -0.25) is 4.79 Å². The summed E-state index contributed by atoms with van der Waals surface area (Å²) < 4.78 is 25.8. The third-order valence-corrected chi connectivity index (χ3v) is 8.14. The first kappa shape index (κ1) is 21.9. The molecule has 2 aromatic rings. The summed E-state index contributed by atoms with van der Waals surface area (Å²) in [5, 5.41) is 4.37. The lowest BCUT2D eigenvalue weighted by atomic mass is 9.71. The average molecular weight is 464 g/mol. The molecule has 2 aliphatic heterocycles. The van der Waals surface area contributed by atoms with E-state index in [1.165, 1.54) is 11.1 Å². The van der Waals surface area contributed by atoms with Gasteiger partial charge < -0.3 is 4.90 Å². The molecule has 0 amide bonds. The molecule has 0 fully saturated rings. The lowest BCUT2D eigenvalue weighted by Gasteiger charge is -2.48. The predicted molar refractivity (Wildman–Crippen MR) is 128 cm³/mol. The van der Waals surface area contributed by atoms with Crippen molar-refractivity contribution in [2.45, 2.75) is 57.4 Å². The van der Waals surface area contributed by atoms with E-state index in [4.69, 9.17) is 0 Å². The standard InChI is InChI=1S/C26H29N3O3S/c1-17-8-10-19(11-9-17)33(31,32)28-27-21-14-22-20-7-5-4-6-18(20)12-13-29(22)23-15-26(2,3)16-24(30)25(21)23/h4-11,22,28H,12-16H2,1-3H3/b27-21+. The summed E-state index contributed by atoms with van der Waals surface area (Å²) in [5.41, 5.74) is 5.55.